The van der Waals surface area contributed by atoms with Gasteiger partial charge in [-0.3, -0.25) is 4.79 Å². The molecule has 0 unspecified atom stereocenters. The van der Waals surface area contributed by atoms with Crippen LogP contribution in [0.25, 0.3) is 0 Å². The lowest BCUT2D eigenvalue weighted by Gasteiger charge is -2.25. The Kier molecular flexibility index (Phi) is 4.74. The molecular weight excluding hydrogens is 228 g/mol. The first kappa shape index (κ1) is 13.3. The second-order valence-electron chi connectivity index (χ2n) is 4.14. The Bertz CT molecular complexity index is 314. The van der Waals surface area contributed by atoms with Crippen LogP contribution in [0.2, 0.25) is 0 Å². The lowest BCUT2D eigenvalue weighted by atomic mass is 9.85. The van der Waals surface area contributed by atoms with Crippen molar-refractivity contribution in [3.63, 3.8) is 0 Å². The summed E-state index contributed by atoms with van der Waals surface area (Å²) in [6, 6.07) is -2.03. The molecule has 0 spiro atoms. The summed E-state index contributed by atoms with van der Waals surface area (Å²) in [6.45, 7) is 0.505. The predicted octanol–water partition coefficient (Wildman–Crippen LogP) is 0.0136. The second-order valence-corrected chi connectivity index (χ2v) is 4.14. The third-order valence-electron chi connectivity index (χ3n) is 2.76. The van der Waals surface area contributed by atoms with Crippen molar-refractivity contribution >= 4 is 18.0 Å². The molecule has 0 saturated heterocycles. The number of amides is 2. The first-order valence-corrected chi connectivity index (χ1v) is 5.48. The third-order valence-corrected chi connectivity index (χ3v) is 2.76. The van der Waals surface area contributed by atoms with Crippen LogP contribution in [0.3, 0.4) is 0 Å². The van der Waals surface area contributed by atoms with Crippen LogP contribution < -0.4 is 10.6 Å². The molecule has 2 amide bonds. The molecule has 0 radical (unpaired) electrons. The maximum absolute atomic E-state index is 11.3. The zero-order valence-corrected chi connectivity index (χ0v) is 9.31. The van der Waals surface area contributed by atoms with E-state index < -0.39 is 30.4 Å². The summed E-state index contributed by atoms with van der Waals surface area (Å²) in [7, 11) is 0. The minimum absolute atomic E-state index is 0.462. The van der Waals surface area contributed by atoms with Gasteiger partial charge in [0.15, 0.2) is 0 Å². The molecule has 96 valence electrons. The molecule has 7 nitrogen and oxygen atoms in total. The highest BCUT2D eigenvalue weighted by Crippen LogP contribution is 2.24. The van der Waals surface area contributed by atoms with Gasteiger partial charge in [-0.2, -0.15) is 0 Å². The van der Waals surface area contributed by atoms with Gasteiger partial charge in [0, 0.05) is 6.54 Å². The van der Waals surface area contributed by atoms with Gasteiger partial charge in [0.05, 0.1) is 6.42 Å². The lowest BCUT2D eigenvalue weighted by Crippen LogP contribution is -2.48. The van der Waals surface area contributed by atoms with Gasteiger partial charge in [-0.15, -0.1) is 0 Å². The van der Waals surface area contributed by atoms with Gasteiger partial charge in [0.25, 0.3) is 0 Å². The fraction of sp³-hybridized carbons (Fsp3) is 0.700. The SMILES string of the molecule is O=C(O)C[C@H](NC(=O)NCC1CCC1)C(=O)O. The molecule has 0 bridgehead atoms. The zero-order chi connectivity index (χ0) is 12.8. The van der Waals surface area contributed by atoms with Crippen LogP contribution in [-0.4, -0.2) is 40.8 Å². The maximum Gasteiger partial charge on any atom is 0.326 e. The highest BCUT2D eigenvalue weighted by atomic mass is 16.4. The Morgan fingerprint density at radius 1 is 1.24 bits per heavy atom. The molecule has 1 fully saturated rings. The summed E-state index contributed by atoms with van der Waals surface area (Å²) in [5.74, 6) is -2.16. The Morgan fingerprint density at radius 3 is 2.29 bits per heavy atom. The molecule has 7 heteroatoms. The van der Waals surface area contributed by atoms with Gasteiger partial charge >= 0.3 is 18.0 Å². The number of rotatable bonds is 6. The highest BCUT2D eigenvalue weighted by molar-refractivity contribution is 5.86. The summed E-state index contributed by atoms with van der Waals surface area (Å²) in [5.41, 5.74) is 0. The molecule has 1 aliphatic carbocycles. The molecule has 0 heterocycles. The molecule has 17 heavy (non-hydrogen) atoms. The molecular formula is C10H16N2O5. The zero-order valence-electron chi connectivity index (χ0n) is 9.31. The van der Waals surface area contributed by atoms with E-state index in [2.05, 4.69) is 10.6 Å². The van der Waals surface area contributed by atoms with E-state index in [1.54, 1.807) is 0 Å². The summed E-state index contributed by atoms with van der Waals surface area (Å²) >= 11 is 0. The smallest absolute Gasteiger partial charge is 0.326 e. The number of hydrogen-bond donors (Lipinski definition) is 4. The van der Waals surface area contributed by atoms with Crippen molar-refractivity contribution in [2.45, 2.75) is 31.7 Å². The Balaban J connectivity index is 2.29. The number of carboxylic acids is 2. The summed E-state index contributed by atoms with van der Waals surface area (Å²) in [6.07, 6.45) is 2.66. The van der Waals surface area contributed by atoms with Crippen LogP contribution in [-0.2, 0) is 9.59 Å². The molecule has 1 aliphatic rings. The third kappa shape index (κ3) is 4.71. The highest BCUT2D eigenvalue weighted by Gasteiger charge is 2.24. The molecule has 0 aliphatic heterocycles. The number of hydrogen-bond acceptors (Lipinski definition) is 3. The number of aliphatic carboxylic acids is 2. The van der Waals surface area contributed by atoms with Crippen molar-refractivity contribution in [2.75, 3.05) is 6.54 Å². The van der Waals surface area contributed by atoms with E-state index in [9.17, 15) is 14.4 Å². The van der Waals surface area contributed by atoms with E-state index in [1.807, 2.05) is 0 Å². The van der Waals surface area contributed by atoms with Crippen LogP contribution in [0, 0.1) is 5.92 Å². The van der Waals surface area contributed by atoms with E-state index >= 15 is 0 Å². The summed E-state index contributed by atoms with van der Waals surface area (Å²) in [5, 5.41) is 21.8. The monoisotopic (exact) mass is 244 g/mol. The molecule has 1 rings (SSSR count). The molecule has 0 aromatic carbocycles. The maximum atomic E-state index is 11.3. The first-order valence-electron chi connectivity index (χ1n) is 5.48. The molecule has 1 saturated carbocycles. The molecule has 4 N–H and O–H groups in total. The predicted molar refractivity (Wildman–Crippen MR) is 57.6 cm³/mol. The average Bonchev–Trinajstić information content (AvgIpc) is 2.13. The number of carbonyl (C=O) groups is 3. The fourth-order valence-corrected chi connectivity index (χ4v) is 1.52. The number of urea groups is 1. The van der Waals surface area contributed by atoms with Crippen molar-refractivity contribution in [1.82, 2.24) is 10.6 Å². The van der Waals surface area contributed by atoms with Crippen molar-refractivity contribution in [2.24, 2.45) is 5.92 Å². The van der Waals surface area contributed by atoms with Crippen LogP contribution >= 0.6 is 0 Å². The Labute approximate surface area is 98.2 Å². The van der Waals surface area contributed by atoms with Crippen molar-refractivity contribution in [3.8, 4) is 0 Å². The standard InChI is InChI=1S/C10H16N2O5/c13-8(14)4-7(9(15)16)12-10(17)11-5-6-2-1-3-6/h6-7H,1-5H2,(H,13,14)(H,15,16)(H2,11,12,17)/t7-/m0/s1. The minimum atomic E-state index is -1.39. The van der Waals surface area contributed by atoms with Gasteiger partial charge in [-0.05, 0) is 18.8 Å². The van der Waals surface area contributed by atoms with Crippen LogP contribution in [0.5, 0.6) is 0 Å². The molecule has 1 atom stereocenters. The Hall–Kier alpha value is -1.79. The van der Waals surface area contributed by atoms with Gasteiger partial charge < -0.3 is 20.8 Å². The first-order chi connectivity index (χ1) is 7.99. The van der Waals surface area contributed by atoms with Crippen molar-refractivity contribution in [1.29, 1.82) is 0 Å². The van der Waals surface area contributed by atoms with Crippen LogP contribution in [0.15, 0.2) is 0 Å². The van der Waals surface area contributed by atoms with Crippen LogP contribution in [0.4, 0.5) is 4.79 Å². The minimum Gasteiger partial charge on any atom is -0.481 e. The van der Waals surface area contributed by atoms with E-state index in [-0.39, 0.29) is 0 Å². The van der Waals surface area contributed by atoms with E-state index in [1.165, 1.54) is 0 Å². The Morgan fingerprint density at radius 2 is 1.88 bits per heavy atom. The van der Waals surface area contributed by atoms with Crippen LogP contribution in [0.1, 0.15) is 25.7 Å². The van der Waals surface area contributed by atoms with Crippen molar-refractivity contribution < 1.29 is 24.6 Å². The summed E-state index contributed by atoms with van der Waals surface area (Å²) < 4.78 is 0. The fourth-order valence-electron chi connectivity index (χ4n) is 1.52. The number of carbonyl (C=O) groups excluding carboxylic acids is 1. The summed E-state index contributed by atoms with van der Waals surface area (Å²) in [4.78, 5) is 32.4. The molecule has 0 aromatic heterocycles. The largest absolute Gasteiger partial charge is 0.481 e. The second kappa shape index (κ2) is 6.07. The van der Waals surface area contributed by atoms with Gasteiger partial charge in [0.2, 0.25) is 0 Å². The number of nitrogens with one attached hydrogen (secondary N) is 2. The molecule has 0 aromatic rings. The van der Waals surface area contributed by atoms with Gasteiger partial charge in [0.1, 0.15) is 6.04 Å². The topological polar surface area (TPSA) is 116 Å². The number of carboxylic acid groups (broad SMARTS) is 2. The van der Waals surface area contributed by atoms with Gasteiger partial charge in [-0.1, -0.05) is 6.42 Å². The normalized spacial score (nSPS) is 16.7. The quantitative estimate of drug-likeness (QED) is 0.525. The average molecular weight is 244 g/mol. The van der Waals surface area contributed by atoms with E-state index in [0.29, 0.717) is 12.5 Å². The van der Waals surface area contributed by atoms with E-state index in [0.717, 1.165) is 19.3 Å². The van der Waals surface area contributed by atoms with E-state index in [4.69, 9.17) is 10.2 Å². The van der Waals surface area contributed by atoms with Crippen molar-refractivity contribution in [3.05, 3.63) is 0 Å². The van der Waals surface area contributed by atoms with Gasteiger partial charge in [-0.25, -0.2) is 9.59 Å². The lowest BCUT2D eigenvalue weighted by molar-refractivity contribution is -0.145.